The number of sulfonamides is 1. The normalized spacial score (nSPS) is 17.8. The topological polar surface area (TPSA) is 66.9 Å². The number of hydrogen-bond donors (Lipinski definition) is 0. The van der Waals surface area contributed by atoms with Crippen molar-refractivity contribution in [1.29, 1.82) is 0 Å². The molecule has 2 aromatic carbocycles. The molecule has 32 heavy (non-hydrogen) atoms. The Kier molecular flexibility index (Phi) is 8.63. The Morgan fingerprint density at radius 2 is 1.84 bits per heavy atom. The third kappa shape index (κ3) is 5.66. The summed E-state index contributed by atoms with van der Waals surface area (Å²) in [6.07, 6.45) is 0.462. The van der Waals surface area contributed by atoms with Crippen LogP contribution in [0, 0.1) is 0 Å². The molecule has 0 aliphatic carbocycles. The summed E-state index contributed by atoms with van der Waals surface area (Å²) in [7, 11) is -2.61. The van der Waals surface area contributed by atoms with E-state index in [2.05, 4.69) is 0 Å². The summed E-state index contributed by atoms with van der Waals surface area (Å²) in [5.41, 5.74) is 0.293. The molecule has 0 spiro atoms. The maximum Gasteiger partial charge on any atom is 0.333 e. The summed E-state index contributed by atoms with van der Waals surface area (Å²) in [6.45, 7) is 3.04. The molecule has 0 amide bonds. The average molecular weight is 538 g/mol. The van der Waals surface area contributed by atoms with E-state index in [9.17, 15) is 13.2 Å². The standard InChI is InChI=1S/C21H23Cl3N2O4S2/c1-14(9-10-25-11-12-31-20(25)21(27)30-2)26(19-13-16(23)5-8-18(19)24)32(28,29)17-6-3-15(22)4-7-17/h3-8,13-14,20H,9-12H2,1-2H3/t14-,20?/m1/s1. The number of carbonyl (C=O) groups is 1. The lowest BCUT2D eigenvalue weighted by Gasteiger charge is -2.33. The number of ether oxygens (including phenoxy) is 1. The molecule has 2 aromatic rings. The smallest absolute Gasteiger partial charge is 0.333 e. The van der Waals surface area contributed by atoms with Crippen molar-refractivity contribution < 1.29 is 17.9 Å². The van der Waals surface area contributed by atoms with Crippen LogP contribution in [-0.4, -0.2) is 56.7 Å². The van der Waals surface area contributed by atoms with Crippen LogP contribution in [0.3, 0.4) is 0 Å². The largest absolute Gasteiger partial charge is 0.467 e. The number of thioether (sulfide) groups is 1. The Morgan fingerprint density at radius 1 is 1.19 bits per heavy atom. The van der Waals surface area contributed by atoms with E-state index in [4.69, 9.17) is 39.5 Å². The van der Waals surface area contributed by atoms with Gasteiger partial charge in [0.2, 0.25) is 0 Å². The van der Waals surface area contributed by atoms with Crippen LogP contribution in [0.25, 0.3) is 0 Å². The molecule has 0 aromatic heterocycles. The van der Waals surface area contributed by atoms with Gasteiger partial charge in [-0.25, -0.2) is 13.2 Å². The van der Waals surface area contributed by atoms with Gasteiger partial charge in [-0.05, 0) is 55.8 Å². The number of nitrogens with zero attached hydrogens (tertiary/aromatic N) is 2. The van der Waals surface area contributed by atoms with Crippen molar-refractivity contribution in [3.05, 3.63) is 57.5 Å². The summed E-state index contributed by atoms with van der Waals surface area (Å²) < 4.78 is 33.5. The summed E-state index contributed by atoms with van der Waals surface area (Å²) in [6, 6.07) is 10.2. The highest BCUT2D eigenvalue weighted by Crippen LogP contribution is 2.36. The zero-order valence-electron chi connectivity index (χ0n) is 17.5. The molecule has 1 aliphatic rings. The van der Waals surface area contributed by atoms with Gasteiger partial charge in [0, 0.05) is 34.9 Å². The van der Waals surface area contributed by atoms with Crippen molar-refractivity contribution >= 4 is 68.2 Å². The van der Waals surface area contributed by atoms with Crippen LogP contribution < -0.4 is 4.31 Å². The van der Waals surface area contributed by atoms with Crippen LogP contribution >= 0.6 is 46.6 Å². The molecule has 0 saturated carbocycles. The van der Waals surface area contributed by atoms with Gasteiger partial charge >= 0.3 is 5.97 Å². The van der Waals surface area contributed by atoms with Crippen molar-refractivity contribution in [3.63, 3.8) is 0 Å². The second-order valence-electron chi connectivity index (χ2n) is 7.27. The number of benzene rings is 2. The van der Waals surface area contributed by atoms with Crippen LogP contribution in [0.15, 0.2) is 47.4 Å². The first kappa shape index (κ1) is 25.5. The minimum atomic E-state index is -3.97. The molecular weight excluding hydrogens is 515 g/mol. The van der Waals surface area contributed by atoms with Gasteiger partial charge in [-0.2, -0.15) is 0 Å². The molecule has 0 N–H and O–H groups in total. The number of rotatable bonds is 8. The summed E-state index contributed by atoms with van der Waals surface area (Å²) in [5.74, 6) is 0.504. The van der Waals surface area contributed by atoms with Crippen LogP contribution in [0.1, 0.15) is 13.3 Å². The van der Waals surface area contributed by atoms with Gasteiger partial charge in [0.1, 0.15) is 0 Å². The molecule has 1 saturated heterocycles. The highest BCUT2D eigenvalue weighted by atomic mass is 35.5. The Morgan fingerprint density at radius 3 is 2.50 bits per heavy atom. The Labute approximate surface area is 207 Å². The molecule has 1 fully saturated rings. The fraction of sp³-hybridized carbons (Fsp3) is 0.381. The van der Waals surface area contributed by atoms with Gasteiger partial charge < -0.3 is 4.74 Å². The molecule has 174 valence electrons. The predicted molar refractivity (Wildman–Crippen MR) is 131 cm³/mol. The van der Waals surface area contributed by atoms with Gasteiger partial charge in [0.25, 0.3) is 10.0 Å². The van der Waals surface area contributed by atoms with Gasteiger partial charge in [-0.3, -0.25) is 9.21 Å². The molecule has 0 radical (unpaired) electrons. The lowest BCUT2D eigenvalue weighted by Crippen LogP contribution is -2.43. The molecule has 0 bridgehead atoms. The van der Waals surface area contributed by atoms with Crippen LogP contribution in [0.2, 0.25) is 15.1 Å². The first-order chi connectivity index (χ1) is 15.1. The quantitative estimate of drug-likeness (QED) is 0.433. The molecule has 2 atom stereocenters. The van der Waals surface area contributed by atoms with Crippen molar-refractivity contribution in [2.45, 2.75) is 29.7 Å². The van der Waals surface area contributed by atoms with Gasteiger partial charge in [0.15, 0.2) is 5.37 Å². The van der Waals surface area contributed by atoms with E-state index in [-0.39, 0.29) is 21.3 Å². The number of hydrogen-bond acceptors (Lipinski definition) is 6. The third-order valence-corrected chi connectivity index (χ3v) is 9.11. The highest BCUT2D eigenvalue weighted by molar-refractivity contribution is 8.00. The first-order valence-electron chi connectivity index (χ1n) is 9.83. The van der Waals surface area contributed by atoms with Gasteiger partial charge in [-0.1, -0.05) is 34.8 Å². The summed E-state index contributed by atoms with van der Waals surface area (Å²) in [5, 5.41) is 0.686. The Hall–Kier alpha value is -1.16. The van der Waals surface area contributed by atoms with E-state index in [1.54, 1.807) is 19.1 Å². The van der Waals surface area contributed by atoms with Crippen molar-refractivity contribution in [2.75, 3.05) is 30.3 Å². The summed E-state index contributed by atoms with van der Waals surface area (Å²) >= 11 is 20.0. The number of carbonyl (C=O) groups excluding carboxylic acids is 1. The monoisotopic (exact) mass is 536 g/mol. The lowest BCUT2D eigenvalue weighted by molar-refractivity contribution is -0.143. The minimum Gasteiger partial charge on any atom is -0.467 e. The maximum absolute atomic E-state index is 13.7. The molecule has 11 heteroatoms. The first-order valence-corrected chi connectivity index (χ1v) is 13.5. The zero-order valence-corrected chi connectivity index (χ0v) is 21.4. The average Bonchev–Trinajstić information content (AvgIpc) is 3.23. The van der Waals surface area contributed by atoms with E-state index in [0.29, 0.717) is 28.7 Å². The maximum atomic E-state index is 13.7. The van der Waals surface area contributed by atoms with E-state index >= 15 is 0 Å². The Balaban J connectivity index is 1.93. The third-order valence-electron chi connectivity index (χ3n) is 5.14. The zero-order chi connectivity index (χ0) is 23.5. The van der Waals surface area contributed by atoms with E-state index in [0.717, 1.165) is 12.3 Å². The van der Waals surface area contributed by atoms with Crippen molar-refractivity contribution in [2.24, 2.45) is 0 Å². The summed E-state index contributed by atoms with van der Waals surface area (Å²) in [4.78, 5) is 14.1. The number of methoxy groups -OCH3 is 1. The van der Waals surface area contributed by atoms with Crippen molar-refractivity contribution in [3.8, 4) is 0 Å². The highest BCUT2D eigenvalue weighted by Gasteiger charge is 2.35. The fourth-order valence-corrected chi connectivity index (χ4v) is 6.96. The van der Waals surface area contributed by atoms with Gasteiger partial charge in [-0.15, -0.1) is 11.8 Å². The molecule has 6 nitrogen and oxygen atoms in total. The fourth-order valence-electron chi connectivity index (χ4n) is 3.50. The molecule has 3 rings (SSSR count). The molecule has 1 aliphatic heterocycles. The van der Waals surface area contributed by atoms with E-state index < -0.39 is 16.1 Å². The lowest BCUT2D eigenvalue weighted by atomic mass is 10.2. The number of anilines is 1. The second kappa shape index (κ2) is 10.8. The van der Waals surface area contributed by atoms with Crippen LogP contribution in [0.5, 0.6) is 0 Å². The number of esters is 1. The second-order valence-corrected chi connectivity index (χ2v) is 11.6. The van der Waals surface area contributed by atoms with Crippen LogP contribution in [0.4, 0.5) is 5.69 Å². The van der Waals surface area contributed by atoms with E-state index in [1.165, 1.54) is 53.5 Å². The molecule has 1 unspecified atom stereocenters. The van der Waals surface area contributed by atoms with Crippen LogP contribution in [-0.2, 0) is 19.6 Å². The van der Waals surface area contributed by atoms with E-state index in [1.807, 2.05) is 4.90 Å². The predicted octanol–water partition coefficient (Wildman–Crippen LogP) is 5.17. The molecular formula is C21H23Cl3N2O4S2. The van der Waals surface area contributed by atoms with Gasteiger partial charge in [0.05, 0.1) is 22.7 Å². The Bertz CT molecular complexity index is 1070. The number of halogens is 3. The van der Waals surface area contributed by atoms with Crippen molar-refractivity contribution in [1.82, 2.24) is 4.90 Å². The minimum absolute atomic E-state index is 0.0916. The molecule has 1 heterocycles. The SMILES string of the molecule is COC(=O)C1SCCN1CC[C@@H](C)N(c1cc(Cl)ccc1Cl)S(=O)(=O)c1ccc(Cl)cc1.